The number of amides is 4. The zero-order valence-electron chi connectivity index (χ0n) is 15.6. The van der Waals surface area contributed by atoms with Gasteiger partial charge in [-0.3, -0.25) is 19.2 Å². The second kappa shape index (κ2) is 8.83. The molecule has 0 aromatic heterocycles. The molecular formula is C19H25N5O4. The van der Waals surface area contributed by atoms with E-state index in [1.807, 2.05) is 6.07 Å². The van der Waals surface area contributed by atoms with Gasteiger partial charge in [-0.1, -0.05) is 18.2 Å². The molecule has 1 aromatic rings. The predicted molar refractivity (Wildman–Crippen MR) is 101 cm³/mol. The Morgan fingerprint density at radius 1 is 1.18 bits per heavy atom. The SMILES string of the molecule is NCC(=O)N1CCN(C(=O)c2ccccc2)C[C@H]1C(=O)N[C@@H]1CCCNC1=O. The van der Waals surface area contributed by atoms with Crippen molar-refractivity contribution in [3.63, 3.8) is 0 Å². The fraction of sp³-hybridized carbons (Fsp3) is 0.474. The van der Waals surface area contributed by atoms with Gasteiger partial charge in [-0.2, -0.15) is 0 Å². The van der Waals surface area contributed by atoms with Crippen LogP contribution in [0.4, 0.5) is 0 Å². The molecule has 2 aliphatic rings. The Bertz CT molecular complexity index is 754. The molecule has 3 rings (SSSR count). The zero-order valence-corrected chi connectivity index (χ0v) is 15.6. The molecule has 4 N–H and O–H groups in total. The Morgan fingerprint density at radius 2 is 1.93 bits per heavy atom. The van der Waals surface area contributed by atoms with Crippen molar-refractivity contribution in [2.45, 2.75) is 24.9 Å². The van der Waals surface area contributed by atoms with Crippen molar-refractivity contribution in [1.82, 2.24) is 20.4 Å². The molecule has 4 amide bonds. The lowest BCUT2D eigenvalue weighted by Crippen LogP contribution is -2.64. The predicted octanol–water partition coefficient (Wildman–Crippen LogP) is -1.31. The number of benzene rings is 1. The minimum Gasteiger partial charge on any atom is -0.354 e. The van der Waals surface area contributed by atoms with Gasteiger partial charge >= 0.3 is 0 Å². The van der Waals surface area contributed by atoms with Crippen LogP contribution < -0.4 is 16.4 Å². The van der Waals surface area contributed by atoms with Gasteiger partial charge < -0.3 is 26.2 Å². The number of hydrogen-bond acceptors (Lipinski definition) is 5. The lowest BCUT2D eigenvalue weighted by Gasteiger charge is -2.41. The molecule has 0 radical (unpaired) electrons. The maximum atomic E-state index is 12.9. The molecule has 0 spiro atoms. The summed E-state index contributed by atoms with van der Waals surface area (Å²) in [5.74, 6) is -1.24. The van der Waals surface area contributed by atoms with Crippen molar-refractivity contribution in [2.75, 3.05) is 32.7 Å². The molecule has 0 unspecified atom stereocenters. The van der Waals surface area contributed by atoms with E-state index in [1.54, 1.807) is 29.2 Å². The highest BCUT2D eigenvalue weighted by Crippen LogP contribution is 2.15. The molecule has 0 aliphatic carbocycles. The zero-order chi connectivity index (χ0) is 20.1. The van der Waals surface area contributed by atoms with Gasteiger partial charge in [0.25, 0.3) is 5.91 Å². The first-order valence-electron chi connectivity index (χ1n) is 9.43. The summed E-state index contributed by atoms with van der Waals surface area (Å²) in [6.45, 7) is 0.947. The summed E-state index contributed by atoms with van der Waals surface area (Å²) < 4.78 is 0. The molecule has 9 nitrogen and oxygen atoms in total. The van der Waals surface area contributed by atoms with Crippen LogP contribution in [0.3, 0.4) is 0 Å². The lowest BCUT2D eigenvalue weighted by molar-refractivity contribution is -0.143. The highest BCUT2D eigenvalue weighted by atomic mass is 16.2. The third-order valence-corrected chi connectivity index (χ3v) is 5.09. The Labute approximate surface area is 163 Å². The Kier molecular flexibility index (Phi) is 6.25. The Morgan fingerprint density at radius 3 is 2.61 bits per heavy atom. The molecule has 2 saturated heterocycles. The van der Waals surface area contributed by atoms with Crippen molar-refractivity contribution in [1.29, 1.82) is 0 Å². The number of nitrogens with one attached hydrogen (secondary N) is 2. The highest BCUT2D eigenvalue weighted by Gasteiger charge is 2.38. The van der Waals surface area contributed by atoms with Gasteiger partial charge in [0, 0.05) is 25.2 Å². The third kappa shape index (κ3) is 4.30. The summed E-state index contributed by atoms with van der Waals surface area (Å²) >= 11 is 0. The van der Waals surface area contributed by atoms with Gasteiger partial charge in [-0.05, 0) is 25.0 Å². The van der Waals surface area contributed by atoms with Gasteiger partial charge in [0.1, 0.15) is 12.1 Å². The highest BCUT2D eigenvalue weighted by molar-refractivity contribution is 5.96. The summed E-state index contributed by atoms with van der Waals surface area (Å²) in [5, 5.41) is 5.44. The van der Waals surface area contributed by atoms with E-state index in [9.17, 15) is 19.2 Å². The van der Waals surface area contributed by atoms with Gasteiger partial charge in [-0.15, -0.1) is 0 Å². The minimum absolute atomic E-state index is 0.0552. The van der Waals surface area contributed by atoms with Crippen LogP contribution in [0.1, 0.15) is 23.2 Å². The van der Waals surface area contributed by atoms with Crippen LogP contribution in [0.5, 0.6) is 0 Å². The number of carbonyl (C=O) groups excluding carboxylic acids is 4. The van der Waals surface area contributed by atoms with E-state index in [-0.39, 0.29) is 37.4 Å². The van der Waals surface area contributed by atoms with Crippen molar-refractivity contribution in [3.8, 4) is 0 Å². The Hall–Kier alpha value is -2.94. The maximum Gasteiger partial charge on any atom is 0.253 e. The number of rotatable bonds is 4. The van der Waals surface area contributed by atoms with Crippen molar-refractivity contribution < 1.29 is 19.2 Å². The first-order chi connectivity index (χ1) is 13.5. The monoisotopic (exact) mass is 387 g/mol. The van der Waals surface area contributed by atoms with Crippen LogP contribution in [-0.2, 0) is 14.4 Å². The minimum atomic E-state index is -0.882. The lowest BCUT2D eigenvalue weighted by atomic mass is 10.0. The number of hydrogen-bond donors (Lipinski definition) is 3. The third-order valence-electron chi connectivity index (χ3n) is 5.09. The number of carbonyl (C=O) groups is 4. The molecule has 28 heavy (non-hydrogen) atoms. The molecule has 0 bridgehead atoms. The van der Waals surface area contributed by atoms with Gasteiger partial charge in [0.2, 0.25) is 17.7 Å². The Balaban J connectivity index is 1.74. The second-order valence-corrected chi connectivity index (χ2v) is 6.92. The number of piperazine rings is 1. The fourth-order valence-corrected chi connectivity index (χ4v) is 3.55. The van der Waals surface area contributed by atoms with E-state index in [4.69, 9.17) is 5.73 Å². The van der Waals surface area contributed by atoms with Crippen LogP contribution in [0.2, 0.25) is 0 Å². The van der Waals surface area contributed by atoms with Crippen molar-refractivity contribution >= 4 is 23.6 Å². The average molecular weight is 387 g/mol. The molecule has 2 fully saturated rings. The normalized spacial score (nSPS) is 22.4. The fourth-order valence-electron chi connectivity index (χ4n) is 3.55. The smallest absolute Gasteiger partial charge is 0.253 e. The van der Waals surface area contributed by atoms with Gasteiger partial charge in [-0.25, -0.2) is 0 Å². The van der Waals surface area contributed by atoms with E-state index in [0.717, 1.165) is 6.42 Å². The largest absolute Gasteiger partial charge is 0.354 e. The molecule has 1 aromatic carbocycles. The van der Waals surface area contributed by atoms with E-state index in [0.29, 0.717) is 25.1 Å². The van der Waals surface area contributed by atoms with Crippen LogP contribution in [0.25, 0.3) is 0 Å². The van der Waals surface area contributed by atoms with Crippen molar-refractivity contribution in [3.05, 3.63) is 35.9 Å². The van der Waals surface area contributed by atoms with Crippen LogP contribution in [-0.4, -0.2) is 78.2 Å². The molecule has 2 heterocycles. The van der Waals surface area contributed by atoms with E-state index in [1.165, 1.54) is 4.90 Å². The molecular weight excluding hydrogens is 362 g/mol. The van der Waals surface area contributed by atoms with Crippen LogP contribution in [0, 0.1) is 0 Å². The number of nitrogens with two attached hydrogens (primary N) is 1. The summed E-state index contributed by atoms with van der Waals surface area (Å²) in [5.41, 5.74) is 6.01. The summed E-state index contributed by atoms with van der Waals surface area (Å²) in [4.78, 5) is 52.8. The van der Waals surface area contributed by atoms with Gasteiger partial charge in [0.15, 0.2) is 0 Å². The van der Waals surface area contributed by atoms with Crippen LogP contribution >= 0.6 is 0 Å². The van der Waals surface area contributed by atoms with Crippen LogP contribution in [0.15, 0.2) is 30.3 Å². The molecule has 0 saturated carbocycles. The number of piperidine rings is 1. The standard InChI is InChI=1S/C19H25N5O4/c20-11-16(25)24-10-9-23(19(28)13-5-2-1-3-6-13)12-15(24)18(27)22-14-7-4-8-21-17(14)26/h1-3,5-6,14-15H,4,7-12,20H2,(H,21,26)(H,22,27)/t14-,15+/m1/s1. The number of nitrogens with zero attached hydrogens (tertiary/aromatic N) is 2. The maximum absolute atomic E-state index is 12.9. The summed E-state index contributed by atoms with van der Waals surface area (Å²) in [6, 6.07) is 7.27. The summed E-state index contributed by atoms with van der Waals surface area (Å²) in [7, 11) is 0. The second-order valence-electron chi connectivity index (χ2n) is 6.92. The van der Waals surface area contributed by atoms with Gasteiger partial charge in [0.05, 0.1) is 13.1 Å². The first-order valence-corrected chi connectivity index (χ1v) is 9.43. The van der Waals surface area contributed by atoms with Crippen molar-refractivity contribution in [2.24, 2.45) is 5.73 Å². The molecule has 2 aliphatic heterocycles. The quantitative estimate of drug-likeness (QED) is 0.592. The molecule has 2 atom stereocenters. The van der Waals surface area contributed by atoms with E-state index < -0.39 is 18.0 Å². The first kappa shape index (κ1) is 19.8. The summed E-state index contributed by atoms with van der Waals surface area (Å²) in [6.07, 6.45) is 1.31. The average Bonchev–Trinajstić information content (AvgIpc) is 2.74. The topological polar surface area (TPSA) is 125 Å². The molecule has 9 heteroatoms. The van der Waals surface area contributed by atoms with E-state index >= 15 is 0 Å². The van der Waals surface area contributed by atoms with E-state index in [2.05, 4.69) is 10.6 Å². The molecule has 150 valence electrons.